The first kappa shape index (κ1) is 9.92. The molecule has 0 aliphatic carbocycles. The zero-order valence-corrected chi connectivity index (χ0v) is 9.85. The van der Waals surface area contributed by atoms with Gasteiger partial charge in [0, 0.05) is 6.07 Å². The molecule has 0 amide bonds. The first-order chi connectivity index (χ1) is 5.88. The molecule has 0 bridgehead atoms. The fraction of sp³-hybridized carbons (Fsp3) is 0.222. The van der Waals surface area contributed by atoms with Crippen molar-refractivity contribution >= 4 is 44.1 Å². The topological polar surface area (TPSA) is 14.1 Å². The van der Waals surface area contributed by atoms with Crippen LogP contribution in [0.25, 0.3) is 10.2 Å². The molecule has 0 aliphatic heterocycles. The summed E-state index contributed by atoms with van der Waals surface area (Å²) in [5.41, 5.74) is 3.22. The van der Waals surface area contributed by atoms with Gasteiger partial charge in [0.2, 0.25) is 11.0 Å². The first-order valence-corrected chi connectivity index (χ1v) is 6.19. The summed E-state index contributed by atoms with van der Waals surface area (Å²) in [5, 5.41) is 0. The van der Waals surface area contributed by atoms with Gasteiger partial charge in [-0.1, -0.05) is 53.0 Å². The van der Waals surface area contributed by atoms with Gasteiger partial charge in [0.05, 0.1) is 0 Å². The van der Waals surface area contributed by atoms with Gasteiger partial charge in [0.25, 0.3) is 0 Å². The molecule has 2 rings (SSSR count). The zero-order valence-electron chi connectivity index (χ0n) is 6.88. The Morgan fingerprint density at radius 1 is 1.42 bits per heavy atom. The summed E-state index contributed by atoms with van der Waals surface area (Å²) in [5.74, 6) is 0. The van der Waals surface area contributed by atoms with Crippen LogP contribution in [0.3, 0.4) is 0 Å². The summed E-state index contributed by atoms with van der Waals surface area (Å²) in [4.78, 5) is 3.14. The van der Waals surface area contributed by atoms with Gasteiger partial charge in [0.15, 0.2) is 0 Å². The van der Waals surface area contributed by atoms with Gasteiger partial charge in [-0.2, -0.15) is 0 Å². The van der Waals surface area contributed by atoms with Crippen LogP contribution < -0.4 is 4.98 Å². The van der Waals surface area contributed by atoms with E-state index in [4.69, 9.17) is 0 Å². The Morgan fingerprint density at radius 3 is 2.75 bits per heavy atom. The third-order valence-corrected chi connectivity index (χ3v) is 2.13. The highest BCUT2D eigenvalue weighted by molar-refractivity contribution is 14.1. The number of alkyl halides is 1. The molecule has 1 aromatic carbocycles. The second-order valence-corrected chi connectivity index (χ2v) is 4.58. The van der Waals surface area contributed by atoms with Crippen molar-refractivity contribution in [1.82, 2.24) is 0 Å². The number of para-hydroxylation sites is 1. The average molecular weight is 292 g/mol. The molecule has 12 heavy (non-hydrogen) atoms. The Bertz CT molecular complexity index is 302. The fourth-order valence-corrected chi connectivity index (χ4v) is 1.57. The van der Waals surface area contributed by atoms with Crippen LogP contribution in [0.1, 0.15) is 6.92 Å². The van der Waals surface area contributed by atoms with E-state index in [9.17, 15) is 0 Å². The molecule has 1 N–H and O–H groups in total. The number of hydrogen-bond donors (Lipinski definition) is 0. The Kier molecular flexibility index (Phi) is 4.53. The summed E-state index contributed by atoms with van der Waals surface area (Å²) in [6, 6.07) is 8.26. The van der Waals surface area contributed by atoms with E-state index in [0.717, 1.165) is 0 Å². The summed E-state index contributed by atoms with van der Waals surface area (Å²) in [6.45, 7) is 2.11. The lowest BCUT2D eigenvalue weighted by Crippen LogP contribution is -1.92. The Balaban J connectivity index is 0.000000213. The molecule has 1 nitrogen and oxygen atoms in total. The van der Waals surface area contributed by atoms with Crippen LogP contribution in [-0.2, 0) is 0 Å². The van der Waals surface area contributed by atoms with Crippen molar-refractivity contribution in [3.63, 3.8) is 0 Å². The number of hydrogen-bond acceptors (Lipinski definition) is 1. The number of halogens is 1. The second kappa shape index (κ2) is 5.48. The van der Waals surface area contributed by atoms with Crippen molar-refractivity contribution in [2.45, 2.75) is 6.92 Å². The number of rotatable bonds is 0. The Labute approximate surface area is 90.0 Å². The van der Waals surface area contributed by atoms with Gasteiger partial charge in [-0.3, -0.25) is 0 Å². The molecule has 2 aromatic rings. The maximum Gasteiger partial charge on any atom is 0.224 e. The summed E-state index contributed by atoms with van der Waals surface area (Å²) < 4.78 is 2.54. The van der Waals surface area contributed by atoms with Gasteiger partial charge >= 0.3 is 0 Å². The third-order valence-electron chi connectivity index (χ3n) is 1.29. The van der Waals surface area contributed by atoms with Crippen LogP contribution in [0.4, 0.5) is 0 Å². The van der Waals surface area contributed by atoms with Crippen LogP contribution in [0.15, 0.2) is 29.8 Å². The number of nitrogens with one attached hydrogen (secondary N) is 1. The summed E-state index contributed by atoms with van der Waals surface area (Å²) in [7, 11) is 0. The number of thiazole rings is 1. The van der Waals surface area contributed by atoms with E-state index in [-0.39, 0.29) is 0 Å². The molecule has 1 aromatic heterocycles. The maximum absolute atomic E-state index is 3.14. The molecule has 0 radical (unpaired) electrons. The van der Waals surface area contributed by atoms with E-state index in [1.165, 1.54) is 14.6 Å². The van der Waals surface area contributed by atoms with Crippen LogP contribution in [0, 0.1) is 0 Å². The highest BCUT2D eigenvalue weighted by Gasteiger charge is 1.96. The Morgan fingerprint density at radius 2 is 2.08 bits per heavy atom. The van der Waals surface area contributed by atoms with E-state index in [1.807, 2.05) is 17.6 Å². The fourth-order valence-electron chi connectivity index (χ4n) is 0.845. The number of aromatic amines is 1. The first-order valence-electron chi connectivity index (χ1n) is 3.78. The highest BCUT2D eigenvalue weighted by Crippen LogP contribution is 2.12. The van der Waals surface area contributed by atoms with Gasteiger partial charge in [-0.25, -0.2) is 4.98 Å². The van der Waals surface area contributed by atoms with Crippen molar-refractivity contribution in [2.75, 3.05) is 4.43 Å². The minimum atomic E-state index is 1.22. The highest BCUT2D eigenvalue weighted by atomic mass is 127. The van der Waals surface area contributed by atoms with Crippen LogP contribution in [0.2, 0.25) is 0 Å². The normalized spacial score (nSPS) is 9.17. The minimum absolute atomic E-state index is 1.22. The molecule has 0 saturated heterocycles. The van der Waals surface area contributed by atoms with E-state index in [0.29, 0.717) is 0 Å². The largest absolute Gasteiger partial charge is 0.224 e. The summed E-state index contributed by atoms with van der Waals surface area (Å²) in [6.07, 6.45) is 0. The molecule has 64 valence electrons. The minimum Gasteiger partial charge on any atom is -0.201 e. The van der Waals surface area contributed by atoms with Crippen molar-refractivity contribution in [1.29, 1.82) is 0 Å². The third kappa shape index (κ3) is 2.71. The van der Waals surface area contributed by atoms with E-state index in [1.54, 1.807) is 11.3 Å². The molecule has 0 unspecified atom stereocenters. The van der Waals surface area contributed by atoms with Crippen molar-refractivity contribution in [3.05, 3.63) is 29.8 Å². The zero-order chi connectivity index (χ0) is 8.81. The van der Waals surface area contributed by atoms with Gasteiger partial charge in [-0.05, 0) is 10.5 Å². The van der Waals surface area contributed by atoms with Crippen LogP contribution >= 0.6 is 33.9 Å². The quantitative estimate of drug-likeness (QED) is 0.523. The smallest absolute Gasteiger partial charge is 0.201 e. The lowest BCUT2D eigenvalue weighted by molar-refractivity contribution is -0.338. The standard InChI is InChI=1S/C7H5NS.C2H5I/c1-2-4-7-6(3-1)8-5-9-7;1-2-3/h1-5H;2H2,1H3/p+1. The molecule has 0 saturated carbocycles. The van der Waals surface area contributed by atoms with E-state index >= 15 is 0 Å². The predicted octanol–water partition coefficient (Wildman–Crippen LogP) is 3.16. The van der Waals surface area contributed by atoms with Crippen LogP contribution in [-0.4, -0.2) is 4.43 Å². The molecular weight excluding hydrogens is 281 g/mol. The number of aromatic nitrogens is 1. The Hall–Kier alpha value is -0.160. The SMILES string of the molecule is CCI.c1ccc2sc[nH+]c2c1. The molecular formula is C9H11INS+. The lowest BCUT2D eigenvalue weighted by Gasteiger charge is -1.75. The lowest BCUT2D eigenvalue weighted by atomic mass is 10.3. The number of H-pyrrole nitrogens is 1. The molecule has 0 fully saturated rings. The molecule has 0 atom stereocenters. The average Bonchev–Trinajstić information content (AvgIpc) is 2.52. The van der Waals surface area contributed by atoms with Gasteiger partial charge in [-0.15, -0.1) is 0 Å². The van der Waals surface area contributed by atoms with Gasteiger partial charge in [0.1, 0.15) is 4.70 Å². The van der Waals surface area contributed by atoms with E-state index < -0.39 is 0 Å². The number of fused-ring (bicyclic) bond motifs is 1. The molecule has 3 heteroatoms. The van der Waals surface area contributed by atoms with Crippen LogP contribution in [0.5, 0.6) is 0 Å². The summed E-state index contributed by atoms with van der Waals surface area (Å²) >= 11 is 4.02. The van der Waals surface area contributed by atoms with Crippen molar-refractivity contribution in [2.24, 2.45) is 0 Å². The molecule has 1 heterocycles. The molecule has 0 aliphatic rings. The maximum atomic E-state index is 3.14. The van der Waals surface area contributed by atoms with Crippen molar-refractivity contribution in [3.8, 4) is 0 Å². The van der Waals surface area contributed by atoms with E-state index in [2.05, 4.69) is 46.6 Å². The monoisotopic (exact) mass is 292 g/mol. The van der Waals surface area contributed by atoms with Crippen molar-refractivity contribution < 1.29 is 4.98 Å². The second-order valence-electron chi connectivity index (χ2n) is 2.14. The molecule has 0 spiro atoms. The number of benzene rings is 1. The van der Waals surface area contributed by atoms with Gasteiger partial charge < -0.3 is 0 Å². The predicted molar refractivity (Wildman–Crippen MR) is 62.9 cm³/mol.